The van der Waals surface area contributed by atoms with Gasteiger partial charge in [-0.25, -0.2) is 0 Å². The first-order chi connectivity index (χ1) is 5.97. The molecule has 0 unspecified atom stereocenters. The minimum atomic E-state index is -4.89. The SMILES string of the molecule is Cc1ccc(OC[B-](F)(F)F)cn1.[K+]. The quantitative estimate of drug-likeness (QED) is 0.630. The van der Waals surface area contributed by atoms with E-state index in [2.05, 4.69) is 9.72 Å². The molecule has 0 atom stereocenters. The van der Waals surface area contributed by atoms with Crippen molar-refractivity contribution in [1.29, 1.82) is 0 Å². The molecule has 0 aliphatic carbocycles. The average molecular weight is 229 g/mol. The van der Waals surface area contributed by atoms with Crippen molar-refractivity contribution in [2.24, 2.45) is 0 Å². The van der Waals surface area contributed by atoms with Crippen LogP contribution in [0.4, 0.5) is 12.9 Å². The van der Waals surface area contributed by atoms with Crippen molar-refractivity contribution in [2.75, 3.05) is 6.51 Å². The van der Waals surface area contributed by atoms with Gasteiger partial charge in [-0.1, -0.05) is 0 Å². The van der Waals surface area contributed by atoms with Crippen molar-refractivity contribution in [3.63, 3.8) is 0 Å². The number of rotatable bonds is 3. The normalized spacial score (nSPS) is 10.6. The Morgan fingerprint density at radius 3 is 2.43 bits per heavy atom. The third kappa shape index (κ3) is 6.02. The fraction of sp³-hybridized carbons (Fsp3) is 0.286. The summed E-state index contributed by atoms with van der Waals surface area (Å²) in [6, 6.07) is 3.06. The van der Waals surface area contributed by atoms with Crippen molar-refractivity contribution in [2.45, 2.75) is 6.92 Å². The van der Waals surface area contributed by atoms with Crippen molar-refractivity contribution in [3.05, 3.63) is 24.0 Å². The molecule has 1 rings (SSSR count). The van der Waals surface area contributed by atoms with Crippen LogP contribution in [0, 0.1) is 6.92 Å². The molecule has 14 heavy (non-hydrogen) atoms. The Morgan fingerprint density at radius 2 is 2.00 bits per heavy atom. The molecule has 0 amide bonds. The number of aromatic nitrogens is 1. The average Bonchev–Trinajstić information content (AvgIpc) is 2.02. The molecule has 0 aliphatic rings. The van der Waals surface area contributed by atoms with E-state index in [4.69, 9.17) is 0 Å². The molecule has 7 heteroatoms. The van der Waals surface area contributed by atoms with E-state index in [1.807, 2.05) is 0 Å². The van der Waals surface area contributed by atoms with Gasteiger partial charge in [0.2, 0.25) is 0 Å². The molecule has 1 heterocycles. The Balaban J connectivity index is 0.00000169. The molecule has 2 nitrogen and oxygen atoms in total. The molecule has 0 N–H and O–H groups in total. The number of aryl methyl sites for hydroxylation is 1. The van der Waals surface area contributed by atoms with Gasteiger partial charge in [0.25, 0.3) is 0 Å². The van der Waals surface area contributed by atoms with Crippen LogP contribution in [0.2, 0.25) is 0 Å². The second kappa shape index (κ2) is 6.12. The molecule has 0 aliphatic heterocycles. The van der Waals surface area contributed by atoms with Crippen LogP contribution < -0.4 is 56.1 Å². The Bertz CT molecular complexity index is 277. The molecule has 0 radical (unpaired) electrons. The molecule has 0 bridgehead atoms. The minimum Gasteiger partial charge on any atom is -0.520 e. The van der Waals surface area contributed by atoms with Gasteiger partial charge in [-0.3, -0.25) is 4.98 Å². The van der Waals surface area contributed by atoms with E-state index in [0.717, 1.165) is 5.69 Å². The molecule has 72 valence electrons. The zero-order valence-electron chi connectivity index (χ0n) is 8.01. The first-order valence-corrected chi connectivity index (χ1v) is 3.74. The third-order valence-corrected chi connectivity index (χ3v) is 1.32. The number of halogens is 3. The predicted octanol–water partition coefficient (Wildman–Crippen LogP) is -0.841. The van der Waals surface area contributed by atoms with Crippen LogP contribution >= 0.6 is 0 Å². The van der Waals surface area contributed by atoms with Gasteiger partial charge in [0, 0.05) is 5.69 Å². The van der Waals surface area contributed by atoms with E-state index >= 15 is 0 Å². The number of pyridine rings is 1. The molecule has 0 saturated carbocycles. The number of ether oxygens (including phenoxy) is 1. The summed E-state index contributed by atoms with van der Waals surface area (Å²) in [4.78, 5) is 3.79. The predicted molar refractivity (Wildman–Crippen MR) is 43.5 cm³/mol. The Morgan fingerprint density at radius 1 is 1.36 bits per heavy atom. The van der Waals surface area contributed by atoms with Crippen LogP contribution in [-0.2, 0) is 0 Å². The van der Waals surface area contributed by atoms with Crippen LogP contribution in [0.25, 0.3) is 0 Å². The van der Waals surface area contributed by atoms with E-state index in [1.54, 1.807) is 13.0 Å². The number of hydrogen-bond acceptors (Lipinski definition) is 2. The van der Waals surface area contributed by atoms with Crippen molar-refractivity contribution >= 4 is 6.98 Å². The summed E-state index contributed by atoms with van der Waals surface area (Å²) in [5, 5.41) is 0. The molecular formula is C7H8BF3KNO. The van der Waals surface area contributed by atoms with Gasteiger partial charge >= 0.3 is 58.4 Å². The van der Waals surface area contributed by atoms with Gasteiger partial charge < -0.3 is 17.7 Å². The zero-order valence-corrected chi connectivity index (χ0v) is 11.1. The monoisotopic (exact) mass is 229 g/mol. The van der Waals surface area contributed by atoms with E-state index in [-0.39, 0.29) is 57.1 Å². The minimum absolute atomic E-state index is 0. The van der Waals surface area contributed by atoms with Gasteiger partial charge in [-0.15, -0.1) is 0 Å². The molecule has 1 aromatic rings. The van der Waals surface area contributed by atoms with Gasteiger partial charge in [0.05, 0.1) is 12.7 Å². The topological polar surface area (TPSA) is 22.1 Å². The maximum absolute atomic E-state index is 11.7. The summed E-state index contributed by atoms with van der Waals surface area (Å²) in [5.74, 6) is 0.143. The summed E-state index contributed by atoms with van der Waals surface area (Å²) in [7, 11) is 0. The Kier molecular flexibility index (Phi) is 6.31. The number of nitrogens with zero attached hydrogens (tertiary/aromatic N) is 1. The molecular weight excluding hydrogens is 221 g/mol. The molecule has 0 aromatic carbocycles. The van der Waals surface area contributed by atoms with Crippen LogP contribution in [-0.4, -0.2) is 18.5 Å². The van der Waals surface area contributed by atoms with E-state index in [0.29, 0.717) is 0 Å². The summed E-state index contributed by atoms with van der Waals surface area (Å²) in [5.41, 5.74) is 0.741. The van der Waals surface area contributed by atoms with Crippen molar-refractivity contribution in [3.8, 4) is 5.75 Å². The van der Waals surface area contributed by atoms with Crippen LogP contribution in [0.3, 0.4) is 0 Å². The molecule has 1 aromatic heterocycles. The molecule has 0 fully saturated rings. The van der Waals surface area contributed by atoms with Crippen molar-refractivity contribution in [1.82, 2.24) is 4.98 Å². The summed E-state index contributed by atoms with van der Waals surface area (Å²) in [6.07, 6.45) is 1.27. The van der Waals surface area contributed by atoms with Gasteiger partial charge in [0.1, 0.15) is 5.75 Å². The zero-order chi connectivity index (χ0) is 9.90. The van der Waals surface area contributed by atoms with Crippen LogP contribution in [0.1, 0.15) is 5.69 Å². The Labute approximate surface area is 123 Å². The summed E-state index contributed by atoms with van der Waals surface area (Å²) in [6.45, 7) is -4.36. The van der Waals surface area contributed by atoms with Gasteiger partial charge in [0.15, 0.2) is 0 Å². The van der Waals surface area contributed by atoms with E-state index in [1.165, 1.54) is 12.3 Å². The standard InChI is InChI=1S/C7H8BF3NO.K/c1-6-2-3-7(4-12-6)13-5-8(9,10)11;/h2-4H,5H2,1H3;/q-1;+1. The summed E-state index contributed by atoms with van der Waals surface area (Å²) < 4.78 is 39.7. The maximum Gasteiger partial charge on any atom is 1.00 e. The molecule has 0 spiro atoms. The third-order valence-electron chi connectivity index (χ3n) is 1.32. The first-order valence-electron chi connectivity index (χ1n) is 3.74. The van der Waals surface area contributed by atoms with E-state index < -0.39 is 13.5 Å². The Hall–Kier alpha value is 0.441. The van der Waals surface area contributed by atoms with Gasteiger partial charge in [-0.05, 0) is 19.1 Å². The fourth-order valence-corrected chi connectivity index (χ4v) is 0.730. The maximum atomic E-state index is 11.7. The van der Waals surface area contributed by atoms with Gasteiger partial charge in [-0.2, -0.15) is 0 Å². The fourth-order valence-electron chi connectivity index (χ4n) is 0.730. The molecule has 0 saturated heterocycles. The van der Waals surface area contributed by atoms with Crippen molar-refractivity contribution < 1.29 is 69.1 Å². The smallest absolute Gasteiger partial charge is 0.520 e. The van der Waals surface area contributed by atoms with E-state index in [9.17, 15) is 12.9 Å². The number of hydrogen-bond donors (Lipinski definition) is 0. The van der Waals surface area contributed by atoms with Crippen LogP contribution in [0.5, 0.6) is 5.75 Å². The summed E-state index contributed by atoms with van der Waals surface area (Å²) >= 11 is 0. The first kappa shape index (κ1) is 14.4. The second-order valence-corrected chi connectivity index (χ2v) is 2.66. The van der Waals surface area contributed by atoms with Crippen LogP contribution in [0.15, 0.2) is 18.3 Å². The second-order valence-electron chi connectivity index (χ2n) is 2.66. The largest absolute Gasteiger partial charge is 1.00 e.